The van der Waals surface area contributed by atoms with Gasteiger partial charge in [-0.15, -0.1) is 0 Å². The molecule has 0 spiro atoms. The maximum atomic E-state index is 6.02. The second kappa shape index (κ2) is 6.90. The number of halogens is 2. The number of aromatic nitrogens is 2. The van der Waals surface area contributed by atoms with E-state index in [1.54, 1.807) is 0 Å². The van der Waals surface area contributed by atoms with E-state index in [-0.39, 0.29) is 0 Å². The summed E-state index contributed by atoms with van der Waals surface area (Å²) >= 11 is 9.59. The Morgan fingerprint density at radius 3 is 2.40 bits per heavy atom. The van der Waals surface area contributed by atoms with Gasteiger partial charge < -0.3 is 9.80 Å². The van der Waals surface area contributed by atoms with Crippen LogP contribution in [-0.4, -0.2) is 48.1 Å². The van der Waals surface area contributed by atoms with Crippen LogP contribution in [-0.2, 0) is 0 Å². The third-order valence-corrected chi connectivity index (χ3v) is 5.29. The van der Waals surface area contributed by atoms with Gasteiger partial charge in [0.25, 0.3) is 0 Å². The molecule has 4 nitrogen and oxygen atoms in total. The van der Waals surface area contributed by atoms with Crippen LogP contribution in [0.4, 0.5) is 5.82 Å². The fraction of sp³-hybridized carbons (Fsp3) is 0.263. The summed E-state index contributed by atoms with van der Waals surface area (Å²) in [5.74, 6) is 1.74. The second-order valence-electron chi connectivity index (χ2n) is 6.33. The van der Waals surface area contributed by atoms with E-state index in [1.807, 2.05) is 36.4 Å². The van der Waals surface area contributed by atoms with E-state index in [0.717, 1.165) is 58.8 Å². The number of anilines is 1. The van der Waals surface area contributed by atoms with Gasteiger partial charge >= 0.3 is 0 Å². The molecule has 1 aliphatic rings. The van der Waals surface area contributed by atoms with Gasteiger partial charge in [0.15, 0.2) is 5.82 Å². The van der Waals surface area contributed by atoms with Crippen LogP contribution in [0.2, 0.25) is 5.02 Å². The van der Waals surface area contributed by atoms with E-state index >= 15 is 0 Å². The highest BCUT2D eigenvalue weighted by atomic mass is 79.9. The lowest BCUT2D eigenvalue weighted by Crippen LogP contribution is -2.45. The Balaban J connectivity index is 1.86. The fourth-order valence-electron chi connectivity index (χ4n) is 3.07. The fourth-order valence-corrected chi connectivity index (χ4v) is 3.56. The van der Waals surface area contributed by atoms with Crippen LogP contribution in [0.1, 0.15) is 0 Å². The monoisotopic (exact) mass is 416 g/mol. The number of hydrogen-bond acceptors (Lipinski definition) is 4. The Bertz CT molecular complexity index is 905. The average Bonchev–Trinajstić information content (AvgIpc) is 2.62. The van der Waals surface area contributed by atoms with Crippen molar-refractivity contribution in [2.75, 3.05) is 38.1 Å². The molecular weight excluding hydrogens is 400 g/mol. The minimum Gasteiger partial charge on any atom is -0.353 e. The van der Waals surface area contributed by atoms with Gasteiger partial charge in [-0.25, -0.2) is 9.97 Å². The van der Waals surface area contributed by atoms with Gasteiger partial charge in [0.2, 0.25) is 0 Å². The highest BCUT2D eigenvalue weighted by molar-refractivity contribution is 9.10. The quantitative estimate of drug-likeness (QED) is 0.616. The molecule has 25 heavy (non-hydrogen) atoms. The van der Waals surface area contributed by atoms with E-state index < -0.39 is 0 Å². The van der Waals surface area contributed by atoms with Crippen molar-refractivity contribution in [1.29, 1.82) is 0 Å². The molecule has 2 heterocycles. The van der Waals surface area contributed by atoms with Crippen LogP contribution in [0.25, 0.3) is 22.3 Å². The van der Waals surface area contributed by atoms with Crippen LogP contribution < -0.4 is 4.90 Å². The van der Waals surface area contributed by atoms with E-state index in [9.17, 15) is 0 Å². The number of piperazine rings is 1. The molecule has 0 atom stereocenters. The highest BCUT2D eigenvalue weighted by Gasteiger charge is 2.19. The van der Waals surface area contributed by atoms with Crippen molar-refractivity contribution in [1.82, 2.24) is 14.9 Å². The van der Waals surface area contributed by atoms with Crippen LogP contribution in [0.5, 0.6) is 0 Å². The summed E-state index contributed by atoms with van der Waals surface area (Å²) in [6.45, 7) is 4.01. The summed E-state index contributed by atoms with van der Waals surface area (Å²) in [7, 11) is 2.16. The maximum absolute atomic E-state index is 6.02. The first-order chi connectivity index (χ1) is 12.1. The lowest BCUT2D eigenvalue weighted by Gasteiger charge is -2.34. The number of rotatable bonds is 2. The molecule has 0 bridgehead atoms. The predicted octanol–water partition coefficient (Wildman–Crippen LogP) is 4.46. The zero-order chi connectivity index (χ0) is 17.4. The van der Waals surface area contributed by atoms with Crippen molar-refractivity contribution in [3.63, 3.8) is 0 Å². The minimum absolute atomic E-state index is 0.716. The minimum atomic E-state index is 0.716. The highest BCUT2D eigenvalue weighted by Crippen LogP contribution is 2.30. The molecule has 1 aromatic heterocycles. The SMILES string of the molecule is CN1CCN(c2nc(-c3ccc(Cl)cc3)nc3ccc(Br)cc23)CC1. The summed E-state index contributed by atoms with van der Waals surface area (Å²) in [5, 5.41) is 1.80. The lowest BCUT2D eigenvalue weighted by atomic mass is 10.1. The molecule has 0 saturated carbocycles. The zero-order valence-electron chi connectivity index (χ0n) is 13.9. The Kier molecular flexibility index (Phi) is 4.63. The molecule has 4 rings (SSSR count). The molecular formula is C19H18BrClN4. The molecule has 0 N–H and O–H groups in total. The molecule has 1 aliphatic heterocycles. The van der Waals surface area contributed by atoms with Gasteiger partial charge in [-0.2, -0.15) is 0 Å². The standard InChI is InChI=1S/C19H18BrClN4/c1-24-8-10-25(11-9-24)19-16-12-14(20)4-7-17(16)22-18(23-19)13-2-5-15(21)6-3-13/h2-7,12H,8-11H2,1H3. The van der Waals surface area contributed by atoms with Gasteiger partial charge in [0.05, 0.1) is 5.52 Å². The first-order valence-electron chi connectivity index (χ1n) is 8.27. The summed E-state index contributed by atoms with van der Waals surface area (Å²) in [5.41, 5.74) is 1.93. The summed E-state index contributed by atoms with van der Waals surface area (Å²) in [4.78, 5) is 14.4. The number of likely N-dealkylation sites (N-methyl/N-ethyl adjacent to an activating group) is 1. The summed E-state index contributed by atoms with van der Waals surface area (Å²) < 4.78 is 1.04. The van der Waals surface area contributed by atoms with Gasteiger partial charge in [-0.1, -0.05) is 27.5 Å². The van der Waals surface area contributed by atoms with E-state index in [0.29, 0.717) is 5.02 Å². The number of benzene rings is 2. The molecule has 6 heteroatoms. The normalized spacial score (nSPS) is 15.7. The largest absolute Gasteiger partial charge is 0.353 e. The van der Waals surface area contributed by atoms with Crippen LogP contribution >= 0.6 is 27.5 Å². The van der Waals surface area contributed by atoms with Crippen molar-refractivity contribution < 1.29 is 0 Å². The smallest absolute Gasteiger partial charge is 0.162 e. The maximum Gasteiger partial charge on any atom is 0.162 e. The molecule has 128 valence electrons. The predicted molar refractivity (Wildman–Crippen MR) is 107 cm³/mol. The Labute approximate surface area is 160 Å². The van der Waals surface area contributed by atoms with Gasteiger partial charge in [0.1, 0.15) is 5.82 Å². The van der Waals surface area contributed by atoms with Crippen molar-refractivity contribution in [2.24, 2.45) is 0 Å². The number of fused-ring (bicyclic) bond motifs is 1. The lowest BCUT2D eigenvalue weighted by molar-refractivity contribution is 0.312. The molecule has 0 radical (unpaired) electrons. The molecule has 0 aliphatic carbocycles. The third-order valence-electron chi connectivity index (χ3n) is 4.54. The summed E-state index contributed by atoms with van der Waals surface area (Å²) in [6, 6.07) is 13.9. The molecule has 2 aromatic carbocycles. The average molecular weight is 418 g/mol. The van der Waals surface area contributed by atoms with Crippen molar-refractivity contribution in [2.45, 2.75) is 0 Å². The topological polar surface area (TPSA) is 32.3 Å². The van der Waals surface area contributed by atoms with Crippen molar-refractivity contribution in [3.05, 3.63) is 52.0 Å². The Morgan fingerprint density at radius 2 is 1.68 bits per heavy atom. The number of nitrogens with zero attached hydrogens (tertiary/aromatic N) is 4. The van der Waals surface area contributed by atoms with Crippen LogP contribution in [0.15, 0.2) is 46.9 Å². The second-order valence-corrected chi connectivity index (χ2v) is 7.68. The zero-order valence-corrected chi connectivity index (χ0v) is 16.3. The van der Waals surface area contributed by atoms with Crippen LogP contribution in [0.3, 0.4) is 0 Å². The van der Waals surface area contributed by atoms with Crippen LogP contribution in [0, 0.1) is 0 Å². The molecule has 0 amide bonds. The van der Waals surface area contributed by atoms with E-state index in [4.69, 9.17) is 21.6 Å². The van der Waals surface area contributed by atoms with Crippen molar-refractivity contribution in [3.8, 4) is 11.4 Å². The first kappa shape index (κ1) is 16.8. The Morgan fingerprint density at radius 1 is 0.960 bits per heavy atom. The Hall–Kier alpha value is -1.69. The molecule has 1 saturated heterocycles. The van der Waals surface area contributed by atoms with Gasteiger partial charge in [0, 0.05) is 46.6 Å². The first-order valence-corrected chi connectivity index (χ1v) is 9.44. The van der Waals surface area contributed by atoms with Gasteiger partial charge in [-0.3, -0.25) is 0 Å². The van der Waals surface area contributed by atoms with Gasteiger partial charge in [-0.05, 0) is 49.5 Å². The molecule has 3 aromatic rings. The molecule has 0 unspecified atom stereocenters. The van der Waals surface area contributed by atoms with Crippen molar-refractivity contribution >= 4 is 44.3 Å². The number of hydrogen-bond donors (Lipinski definition) is 0. The third kappa shape index (κ3) is 3.50. The van der Waals surface area contributed by atoms with E-state index in [1.165, 1.54) is 0 Å². The summed E-state index contributed by atoms with van der Waals surface area (Å²) in [6.07, 6.45) is 0. The van der Waals surface area contributed by atoms with E-state index in [2.05, 4.69) is 38.8 Å². The molecule has 1 fully saturated rings.